The summed E-state index contributed by atoms with van der Waals surface area (Å²) in [6.45, 7) is 2.03. The number of nitrogens with one attached hydrogen (secondary N) is 2. The van der Waals surface area contributed by atoms with Crippen molar-refractivity contribution < 1.29 is 9.53 Å². The third kappa shape index (κ3) is 5.08. The molecule has 1 aliphatic heterocycles. The summed E-state index contributed by atoms with van der Waals surface area (Å²) >= 11 is 1.32. The average molecular weight is 406 g/mol. The highest BCUT2D eigenvalue weighted by Crippen LogP contribution is 2.32. The molecule has 1 aliphatic rings. The van der Waals surface area contributed by atoms with Crippen molar-refractivity contribution in [3.05, 3.63) is 24.4 Å². The molecule has 3 heterocycles. The van der Waals surface area contributed by atoms with E-state index < -0.39 is 5.41 Å². The number of anilines is 1. The highest BCUT2D eigenvalue weighted by Gasteiger charge is 2.40. The second kappa shape index (κ2) is 9.98. The number of carbonyl (C=O) groups excluding carboxylic acids is 1. The van der Waals surface area contributed by atoms with Crippen LogP contribution in [0.2, 0.25) is 0 Å². The van der Waals surface area contributed by atoms with Crippen LogP contribution in [-0.4, -0.2) is 47.9 Å². The lowest BCUT2D eigenvalue weighted by molar-refractivity contribution is -0.130. The van der Waals surface area contributed by atoms with Gasteiger partial charge < -0.3 is 10.1 Å². The van der Waals surface area contributed by atoms with Gasteiger partial charge in [0.15, 0.2) is 5.01 Å². The van der Waals surface area contributed by atoms with Gasteiger partial charge in [0.2, 0.25) is 11.0 Å². The van der Waals surface area contributed by atoms with E-state index in [0.717, 1.165) is 31.6 Å². The lowest BCUT2D eigenvalue weighted by Gasteiger charge is -2.35. The lowest BCUT2D eigenvalue weighted by atomic mass is 9.79. The van der Waals surface area contributed by atoms with Gasteiger partial charge in [-0.3, -0.25) is 15.1 Å². The molecule has 25 heavy (non-hydrogen) atoms. The van der Waals surface area contributed by atoms with Gasteiger partial charge in [0, 0.05) is 13.3 Å². The van der Waals surface area contributed by atoms with Gasteiger partial charge in [0.25, 0.3) is 0 Å². The standard InChI is InChI=1S/C15H19N5O2S.2ClH/c1-22-10-15(5-8-16-9-6-15)13(21)18-14-20-19-12(23-14)11-4-2-3-7-17-11;;/h2-4,7,16H,5-6,8-10H2,1H3,(H,18,20,21);2*1H. The fourth-order valence-electron chi connectivity index (χ4n) is 2.71. The van der Waals surface area contributed by atoms with Crippen molar-refractivity contribution >= 4 is 47.2 Å². The average Bonchev–Trinajstić information content (AvgIpc) is 3.05. The van der Waals surface area contributed by atoms with Crippen molar-refractivity contribution in [1.29, 1.82) is 0 Å². The number of amides is 1. The summed E-state index contributed by atoms with van der Waals surface area (Å²) in [5.41, 5.74) is 0.246. The molecule has 0 aromatic carbocycles. The van der Waals surface area contributed by atoms with E-state index in [4.69, 9.17) is 4.74 Å². The Morgan fingerprint density at radius 3 is 2.72 bits per heavy atom. The highest BCUT2D eigenvalue weighted by atomic mass is 35.5. The van der Waals surface area contributed by atoms with Crippen LogP contribution in [-0.2, 0) is 9.53 Å². The topological polar surface area (TPSA) is 89.0 Å². The zero-order chi connectivity index (χ0) is 16.1. The van der Waals surface area contributed by atoms with E-state index in [9.17, 15) is 4.79 Å². The van der Waals surface area contributed by atoms with E-state index in [1.807, 2.05) is 18.2 Å². The first-order chi connectivity index (χ1) is 11.2. The Bertz CT molecular complexity index is 659. The van der Waals surface area contributed by atoms with Crippen LogP contribution in [0.5, 0.6) is 0 Å². The van der Waals surface area contributed by atoms with Crippen LogP contribution in [0.4, 0.5) is 5.13 Å². The Morgan fingerprint density at radius 2 is 2.08 bits per heavy atom. The van der Waals surface area contributed by atoms with Gasteiger partial charge in [-0.15, -0.1) is 35.0 Å². The summed E-state index contributed by atoms with van der Waals surface area (Å²) in [5.74, 6) is -0.0513. The molecular weight excluding hydrogens is 385 g/mol. The van der Waals surface area contributed by atoms with Crippen molar-refractivity contribution in [2.45, 2.75) is 12.8 Å². The molecule has 0 radical (unpaired) electrons. The molecule has 2 aromatic rings. The van der Waals surface area contributed by atoms with Crippen molar-refractivity contribution in [3.63, 3.8) is 0 Å². The van der Waals surface area contributed by atoms with Crippen LogP contribution in [0.1, 0.15) is 12.8 Å². The Hall–Kier alpha value is -1.32. The number of hydrogen-bond donors (Lipinski definition) is 2. The minimum atomic E-state index is -0.503. The summed E-state index contributed by atoms with van der Waals surface area (Å²) in [6, 6.07) is 5.61. The van der Waals surface area contributed by atoms with Gasteiger partial charge in [0.1, 0.15) is 5.69 Å². The maximum absolute atomic E-state index is 12.7. The van der Waals surface area contributed by atoms with Gasteiger partial charge in [-0.1, -0.05) is 17.4 Å². The largest absolute Gasteiger partial charge is 0.384 e. The summed E-state index contributed by atoms with van der Waals surface area (Å²) in [6.07, 6.45) is 3.20. The van der Waals surface area contributed by atoms with E-state index in [1.54, 1.807) is 13.3 Å². The third-order valence-electron chi connectivity index (χ3n) is 3.99. The predicted molar refractivity (Wildman–Crippen MR) is 103 cm³/mol. The van der Waals surface area contributed by atoms with Gasteiger partial charge >= 0.3 is 0 Å². The number of aromatic nitrogens is 3. The minimum Gasteiger partial charge on any atom is -0.384 e. The normalized spacial score (nSPS) is 15.6. The fourth-order valence-corrected chi connectivity index (χ4v) is 3.43. The number of hydrogen-bond acceptors (Lipinski definition) is 7. The van der Waals surface area contributed by atoms with Crippen molar-refractivity contribution in [2.24, 2.45) is 5.41 Å². The smallest absolute Gasteiger partial charge is 0.234 e. The Balaban J connectivity index is 0.00000156. The Labute approximate surface area is 162 Å². The monoisotopic (exact) mass is 405 g/mol. The molecule has 0 unspecified atom stereocenters. The number of methoxy groups -OCH3 is 1. The maximum Gasteiger partial charge on any atom is 0.234 e. The summed E-state index contributed by atoms with van der Waals surface area (Å²) in [7, 11) is 1.63. The molecule has 0 aliphatic carbocycles. The molecule has 7 nitrogen and oxygen atoms in total. The number of pyridine rings is 1. The van der Waals surface area contributed by atoms with Crippen LogP contribution in [0.15, 0.2) is 24.4 Å². The van der Waals surface area contributed by atoms with Gasteiger partial charge in [-0.05, 0) is 38.1 Å². The van der Waals surface area contributed by atoms with Crippen LogP contribution in [0, 0.1) is 5.41 Å². The minimum absolute atomic E-state index is 0. The number of rotatable bonds is 5. The number of ether oxygens (including phenoxy) is 1. The second-order valence-electron chi connectivity index (χ2n) is 5.54. The Kier molecular flexibility index (Phi) is 8.67. The van der Waals surface area contributed by atoms with E-state index in [1.165, 1.54) is 11.3 Å². The Morgan fingerprint density at radius 1 is 1.32 bits per heavy atom. The van der Waals surface area contributed by atoms with E-state index >= 15 is 0 Å². The molecule has 2 aromatic heterocycles. The van der Waals surface area contributed by atoms with E-state index in [0.29, 0.717) is 16.7 Å². The van der Waals surface area contributed by atoms with Crippen molar-refractivity contribution in [1.82, 2.24) is 20.5 Å². The third-order valence-corrected chi connectivity index (χ3v) is 4.85. The molecule has 1 fully saturated rings. The number of halogens is 2. The molecular formula is C15H21Cl2N5O2S. The molecule has 3 rings (SSSR count). The summed E-state index contributed by atoms with van der Waals surface area (Å²) < 4.78 is 5.29. The molecule has 10 heteroatoms. The lowest BCUT2D eigenvalue weighted by Crippen LogP contribution is -2.47. The molecule has 0 bridgehead atoms. The van der Waals surface area contributed by atoms with E-state index in [-0.39, 0.29) is 30.7 Å². The first kappa shape index (κ1) is 21.7. The zero-order valence-electron chi connectivity index (χ0n) is 13.7. The van der Waals surface area contributed by atoms with Crippen molar-refractivity contribution in [3.8, 4) is 10.7 Å². The quantitative estimate of drug-likeness (QED) is 0.793. The molecule has 2 N–H and O–H groups in total. The summed E-state index contributed by atoms with van der Waals surface area (Å²) in [5, 5.41) is 15.5. The number of carbonyl (C=O) groups is 1. The molecule has 0 saturated carbocycles. The SMILES string of the molecule is COCC1(C(=O)Nc2nnc(-c3ccccn3)s2)CCNCC1.Cl.Cl. The van der Waals surface area contributed by atoms with Crippen molar-refractivity contribution in [2.75, 3.05) is 32.1 Å². The predicted octanol–water partition coefficient (Wildman–Crippen LogP) is 2.40. The number of piperidine rings is 1. The molecule has 138 valence electrons. The second-order valence-corrected chi connectivity index (χ2v) is 6.52. The molecule has 0 spiro atoms. The van der Waals surface area contributed by atoms with Crippen LogP contribution in [0.3, 0.4) is 0 Å². The first-order valence-corrected chi connectivity index (χ1v) is 8.31. The molecule has 1 saturated heterocycles. The molecule has 0 atom stereocenters. The van der Waals surface area contributed by atoms with Crippen LogP contribution < -0.4 is 10.6 Å². The first-order valence-electron chi connectivity index (χ1n) is 7.49. The van der Waals surface area contributed by atoms with Crippen LogP contribution >= 0.6 is 36.2 Å². The maximum atomic E-state index is 12.7. The zero-order valence-corrected chi connectivity index (χ0v) is 16.2. The van der Waals surface area contributed by atoms with E-state index in [2.05, 4.69) is 25.8 Å². The summed E-state index contributed by atoms with van der Waals surface area (Å²) in [4.78, 5) is 17.0. The highest BCUT2D eigenvalue weighted by molar-refractivity contribution is 7.18. The van der Waals surface area contributed by atoms with Gasteiger partial charge in [-0.25, -0.2) is 0 Å². The van der Waals surface area contributed by atoms with Crippen LogP contribution in [0.25, 0.3) is 10.7 Å². The molecule has 1 amide bonds. The number of nitrogens with zero attached hydrogens (tertiary/aromatic N) is 3. The fraction of sp³-hybridized carbons (Fsp3) is 0.467. The van der Waals surface area contributed by atoms with Gasteiger partial charge in [-0.2, -0.15) is 0 Å². The van der Waals surface area contributed by atoms with Gasteiger partial charge in [0.05, 0.1) is 12.0 Å².